The van der Waals surface area contributed by atoms with E-state index in [-0.39, 0.29) is 23.4 Å². The van der Waals surface area contributed by atoms with Gasteiger partial charge in [0.05, 0.1) is 24.6 Å². The van der Waals surface area contributed by atoms with Crippen molar-refractivity contribution >= 4 is 20.9 Å². The third-order valence-corrected chi connectivity index (χ3v) is 5.66. The molecule has 3 aromatic rings. The molecule has 0 fully saturated rings. The van der Waals surface area contributed by atoms with Crippen molar-refractivity contribution in [3.8, 4) is 11.5 Å². The predicted octanol–water partition coefficient (Wildman–Crippen LogP) is 2.07. The third-order valence-electron chi connectivity index (χ3n) is 4.19. The lowest BCUT2D eigenvalue weighted by molar-refractivity contribution is 0.414. The van der Waals surface area contributed by atoms with E-state index in [0.29, 0.717) is 22.6 Å². The van der Waals surface area contributed by atoms with Crippen LogP contribution in [0.1, 0.15) is 5.56 Å². The standard InChI is InChI=1S/C19H20N2O5S/c1-25-15-5-7-17(8-6-15)27(23,24)20-10-9-14-11-13-3-4-16(26-2)12-18(13)21-19(14)22/h3-8,11-12,20H,9-10H2,1-2H3,(H,21,22). The van der Waals surface area contributed by atoms with Crippen LogP contribution >= 0.6 is 0 Å². The zero-order chi connectivity index (χ0) is 19.4. The Morgan fingerprint density at radius 2 is 1.63 bits per heavy atom. The molecule has 1 aromatic heterocycles. The van der Waals surface area contributed by atoms with Crippen LogP contribution in [0.2, 0.25) is 0 Å². The second-order valence-corrected chi connectivity index (χ2v) is 7.67. The molecular formula is C19H20N2O5S. The summed E-state index contributed by atoms with van der Waals surface area (Å²) in [6.07, 6.45) is 0.271. The zero-order valence-corrected chi connectivity index (χ0v) is 15.8. The van der Waals surface area contributed by atoms with Gasteiger partial charge in [0, 0.05) is 18.2 Å². The van der Waals surface area contributed by atoms with Gasteiger partial charge in [-0.1, -0.05) is 0 Å². The van der Waals surface area contributed by atoms with Crippen LogP contribution in [0.15, 0.2) is 58.2 Å². The van der Waals surface area contributed by atoms with Gasteiger partial charge in [-0.25, -0.2) is 13.1 Å². The van der Waals surface area contributed by atoms with Crippen molar-refractivity contribution in [3.63, 3.8) is 0 Å². The second-order valence-electron chi connectivity index (χ2n) is 5.90. The minimum atomic E-state index is -3.65. The monoisotopic (exact) mass is 388 g/mol. The van der Waals surface area contributed by atoms with Gasteiger partial charge in [0.1, 0.15) is 11.5 Å². The molecule has 2 aromatic carbocycles. The Balaban J connectivity index is 1.72. The Labute approximate surface area is 157 Å². The normalized spacial score (nSPS) is 11.5. The number of H-pyrrole nitrogens is 1. The maximum Gasteiger partial charge on any atom is 0.251 e. The van der Waals surface area contributed by atoms with Crippen LogP contribution < -0.4 is 19.8 Å². The van der Waals surface area contributed by atoms with Crippen LogP contribution in [-0.4, -0.2) is 34.2 Å². The summed E-state index contributed by atoms with van der Waals surface area (Å²) >= 11 is 0. The van der Waals surface area contributed by atoms with Crippen molar-refractivity contribution in [1.29, 1.82) is 0 Å². The van der Waals surface area contributed by atoms with Crippen molar-refractivity contribution in [3.05, 3.63) is 64.4 Å². The van der Waals surface area contributed by atoms with Gasteiger partial charge in [-0.3, -0.25) is 4.79 Å². The lowest BCUT2D eigenvalue weighted by atomic mass is 10.1. The molecule has 0 spiro atoms. The van der Waals surface area contributed by atoms with Gasteiger partial charge in [0.15, 0.2) is 0 Å². The van der Waals surface area contributed by atoms with E-state index in [1.165, 1.54) is 19.2 Å². The smallest absolute Gasteiger partial charge is 0.251 e. The fourth-order valence-electron chi connectivity index (χ4n) is 2.70. The number of fused-ring (bicyclic) bond motifs is 1. The SMILES string of the molecule is COc1ccc(S(=O)(=O)NCCc2cc3ccc(OC)cc3[nH]c2=O)cc1. The average molecular weight is 388 g/mol. The molecule has 0 aliphatic heterocycles. The number of methoxy groups -OCH3 is 2. The number of nitrogens with one attached hydrogen (secondary N) is 2. The quantitative estimate of drug-likeness (QED) is 0.646. The first kappa shape index (κ1) is 18.9. The minimum Gasteiger partial charge on any atom is -0.497 e. The van der Waals surface area contributed by atoms with E-state index in [0.717, 1.165) is 5.39 Å². The molecule has 0 aliphatic carbocycles. The number of aromatic amines is 1. The number of pyridine rings is 1. The van der Waals surface area contributed by atoms with E-state index < -0.39 is 10.0 Å². The molecule has 142 valence electrons. The van der Waals surface area contributed by atoms with Crippen molar-refractivity contribution in [2.75, 3.05) is 20.8 Å². The maximum absolute atomic E-state index is 12.3. The zero-order valence-electron chi connectivity index (χ0n) is 15.0. The molecule has 0 atom stereocenters. The highest BCUT2D eigenvalue weighted by atomic mass is 32.2. The minimum absolute atomic E-state index is 0.110. The number of sulfonamides is 1. The van der Waals surface area contributed by atoms with E-state index in [2.05, 4.69) is 9.71 Å². The molecule has 27 heavy (non-hydrogen) atoms. The number of benzene rings is 2. The van der Waals surface area contributed by atoms with E-state index in [1.54, 1.807) is 37.4 Å². The molecule has 8 heteroatoms. The summed E-state index contributed by atoms with van der Waals surface area (Å²) in [5.41, 5.74) is 0.923. The van der Waals surface area contributed by atoms with Crippen LogP contribution in [0.25, 0.3) is 10.9 Å². The van der Waals surface area contributed by atoms with Crippen molar-refractivity contribution < 1.29 is 17.9 Å². The van der Waals surface area contributed by atoms with Gasteiger partial charge in [-0.2, -0.15) is 0 Å². The number of rotatable bonds is 7. The number of hydrogen-bond donors (Lipinski definition) is 2. The molecule has 0 saturated heterocycles. The van der Waals surface area contributed by atoms with E-state index in [4.69, 9.17) is 9.47 Å². The Bertz CT molecular complexity index is 1110. The highest BCUT2D eigenvalue weighted by molar-refractivity contribution is 7.89. The number of aromatic nitrogens is 1. The Morgan fingerprint density at radius 1 is 0.963 bits per heavy atom. The second kappa shape index (κ2) is 7.81. The first-order valence-electron chi connectivity index (χ1n) is 8.26. The van der Waals surface area contributed by atoms with Gasteiger partial charge >= 0.3 is 0 Å². The van der Waals surface area contributed by atoms with Crippen molar-refractivity contribution in [1.82, 2.24) is 9.71 Å². The van der Waals surface area contributed by atoms with Crippen molar-refractivity contribution in [2.24, 2.45) is 0 Å². The molecule has 0 unspecified atom stereocenters. The molecule has 0 aliphatic rings. The summed E-state index contributed by atoms with van der Waals surface area (Å²) in [6.45, 7) is 0.110. The van der Waals surface area contributed by atoms with E-state index in [9.17, 15) is 13.2 Å². The molecule has 3 rings (SSSR count). The molecule has 0 radical (unpaired) electrons. The largest absolute Gasteiger partial charge is 0.497 e. The number of ether oxygens (including phenoxy) is 2. The lowest BCUT2D eigenvalue weighted by Gasteiger charge is -2.08. The molecular weight excluding hydrogens is 368 g/mol. The fraction of sp³-hybridized carbons (Fsp3) is 0.211. The van der Waals surface area contributed by atoms with Crippen LogP contribution in [0.4, 0.5) is 0 Å². The maximum atomic E-state index is 12.3. The summed E-state index contributed by atoms with van der Waals surface area (Å²) in [7, 11) is -0.583. The van der Waals surface area contributed by atoms with Crippen LogP contribution in [0.5, 0.6) is 11.5 Å². The summed E-state index contributed by atoms with van der Waals surface area (Å²) in [5, 5.41) is 0.850. The molecule has 2 N–H and O–H groups in total. The van der Waals surface area contributed by atoms with Crippen molar-refractivity contribution in [2.45, 2.75) is 11.3 Å². The van der Waals surface area contributed by atoms with Gasteiger partial charge in [0.25, 0.3) is 5.56 Å². The predicted molar refractivity (Wildman–Crippen MR) is 103 cm³/mol. The molecule has 0 amide bonds. The summed E-state index contributed by atoms with van der Waals surface area (Å²) in [5.74, 6) is 1.23. The van der Waals surface area contributed by atoms with Gasteiger partial charge < -0.3 is 14.5 Å². The third kappa shape index (κ3) is 4.29. The summed E-state index contributed by atoms with van der Waals surface area (Å²) < 4.78 is 37.4. The Morgan fingerprint density at radius 3 is 2.30 bits per heavy atom. The molecule has 0 bridgehead atoms. The fourth-order valence-corrected chi connectivity index (χ4v) is 3.73. The Kier molecular flexibility index (Phi) is 5.48. The van der Waals surface area contributed by atoms with Gasteiger partial charge in [-0.15, -0.1) is 0 Å². The highest BCUT2D eigenvalue weighted by Crippen LogP contribution is 2.19. The first-order chi connectivity index (χ1) is 12.9. The number of hydrogen-bond acceptors (Lipinski definition) is 5. The summed E-state index contributed by atoms with van der Waals surface area (Å²) in [6, 6.07) is 13.2. The highest BCUT2D eigenvalue weighted by Gasteiger charge is 2.14. The van der Waals surface area contributed by atoms with Crippen LogP contribution in [0.3, 0.4) is 0 Å². The van der Waals surface area contributed by atoms with E-state index >= 15 is 0 Å². The topological polar surface area (TPSA) is 97.5 Å². The molecule has 1 heterocycles. The Hall–Kier alpha value is -2.84. The van der Waals surface area contributed by atoms with Gasteiger partial charge in [-0.05, 0) is 54.3 Å². The average Bonchev–Trinajstić information content (AvgIpc) is 2.68. The lowest BCUT2D eigenvalue weighted by Crippen LogP contribution is -2.27. The van der Waals surface area contributed by atoms with Gasteiger partial charge in [0.2, 0.25) is 10.0 Å². The van der Waals surface area contributed by atoms with Crippen LogP contribution in [0, 0.1) is 0 Å². The molecule has 0 saturated carbocycles. The molecule has 7 nitrogen and oxygen atoms in total. The van der Waals surface area contributed by atoms with E-state index in [1.807, 2.05) is 6.07 Å². The first-order valence-corrected chi connectivity index (χ1v) is 9.75. The summed E-state index contributed by atoms with van der Waals surface area (Å²) in [4.78, 5) is 15.2. The van der Waals surface area contributed by atoms with Crippen LogP contribution in [-0.2, 0) is 16.4 Å².